The van der Waals surface area contributed by atoms with Gasteiger partial charge in [-0.1, -0.05) is 18.6 Å². The first-order chi connectivity index (χ1) is 12.8. The fraction of sp³-hybridized carbons (Fsp3) is 0.333. The van der Waals surface area contributed by atoms with Gasteiger partial charge in [-0.05, 0) is 55.6 Å². The molecule has 0 saturated carbocycles. The molecule has 0 atom stereocenters. The molecular weight excluding hydrogens is 324 g/mol. The average molecular weight is 346 g/mol. The zero-order valence-electron chi connectivity index (χ0n) is 14.8. The monoisotopic (exact) mass is 346 g/mol. The normalized spacial score (nSPS) is 15.2. The fourth-order valence-electron chi connectivity index (χ4n) is 3.52. The van der Waals surface area contributed by atoms with Crippen molar-refractivity contribution in [3.63, 3.8) is 0 Å². The van der Waals surface area contributed by atoms with E-state index in [1.165, 1.54) is 19.3 Å². The highest BCUT2D eigenvalue weighted by Crippen LogP contribution is 2.23. The number of carbonyl (C=O) groups is 1. The van der Waals surface area contributed by atoms with Crippen LogP contribution in [0.3, 0.4) is 0 Å². The van der Waals surface area contributed by atoms with Crippen molar-refractivity contribution in [2.75, 3.05) is 19.6 Å². The van der Waals surface area contributed by atoms with Crippen molar-refractivity contribution in [2.24, 2.45) is 0 Å². The van der Waals surface area contributed by atoms with Crippen LogP contribution in [0.1, 0.15) is 25.0 Å². The largest absolute Gasteiger partial charge is 0.298 e. The minimum atomic E-state index is 0.240. The second-order valence-corrected chi connectivity index (χ2v) is 6.90. The minimum Gasteiger partial charge on any atom is -0.298 e. The number of benzene rings is 1. The predicted octanol–water partition coefficient (Wildman–Crippen LogP) is 3.29. The van der Waals surface area contributed by atoms with Crippen molar-refractivity contribution >= 4 is 16.6 Å². The molecule has 0 amide bonds. The third kappa shape index (κ3) is 3.94. The maximum atomic E-state index is 12.4. The number of Topliss-reactive ketones (excluding diaryl/α,β-unsaturated/α-hetero) is 1. The van der Waals surface area contributed by atoms with Gasteiger partial charge in [0, 0.05) is 29.0 Å². The summed E-state index contributed by atoms with van der Waals surface area (Å²) in [6.45, 7) is 2.62. The molecule has 0 unspecified atom stereocenters. The summed E-state index contributed by atoms with van der Waals surface area (Å²) in [4.78, 5) is 19.1. The second kappa shape index (κ2) is 7.70. The molecule has 0 N–H and O–H groups in total. The van der Waals surface area contributed by atoms with Crippen molar-refractivity contribution in [3.05, 3.63) is 54.5 Å². The molecule has 4 rings (SSSR count). The standard InChI is InChI=1S/C21H22N4O/c26-20(15-25-9-2-1-3-10-25)13-19-12-18-11-16(6-7-17(18)14-22-19)21-5-4-8-23-24-21/h4-8,11-12,14H,1-3,9-10,13,15H2. The van der Waals surface area contributed by atoms with Crippen LogP contribution >= 0.6 is 0 Å². The number of pyridine rings is 1. The van der Waals surface area contributed by atoms with Gasteiger partial charge >= 0.3 is 0 Å². The van der Waals surface area contributed by atoms with Crippen molar-refractivity contribution in [1.29, 1.82) is 0 Å². The van der Waals surface area contributed by atoms with Gasteiger partial charge in [0.25, 0.3) is 0 Å². The third-order valence-corrected chi connectivity index (χ3v) is 4.87. The number of hydrogen-bond acceptors (Lipinski definition) is 5. The van der Waals surface area contributed by atoms with Crippen molar-refractivity contribution in [3.8, 4) is 11.3 Å². The minimum absolute atomic E-state index is 0.240. The molecule has 5 nitrogen and oxygen atoms in total. The molecule has 0 aliphatic carbocycles. The number of carbonyl (C=O) groups excluding carboxylic acids is 1. The molecule has 3 heterocycles. The Morgan fingerprint density at radius 3 is 2.73 bits per heavy atom. The van der Waals surface area contributed by atoms with Crippen LogP contribution in [-0.2, 0) is 11.2 Å². The van der Waals surface area contributed by atoms with Gasteiger partial charge in [0.15, 0.2) is 5.78 Å². The van der Waals surface area contributed by atoms with Crippen LogP contribution in [-0.4, -0.2) is 45.5 Å². The first-order valence-corrected chi connectivity index (χ1v) is 9.19. The smallest absolute Gasteiger partial charge is 0.152 e. The lowest BCUT2D eigenvalue weighted by Crippen LogP contribution is -2.35. The third-order valence-electron chi connectivity index (χ3n) is 4.87. The van der Waals surface area contributed by atoms with E-state index in [-0.39, 0.29) is 5.78 Å². The zero-order valence-corrected chi connectivity index (χ0v) is 14.8. The Kier molecular flexibility index (Phi) is 4.97. The zero-order chi connectivity index (χ0) is 17.8. The number of aromatic nitrogens is 3. The molecule has 0 radical (unpaired) electrons. The molecule has 1 aliphatic heterocycles. The molecule has 3 aromatic rings. The second-order valence-electron chi connectivity index (χ2n) is 6.90. The molecule has 1 fully saturated rings. The molecule has 1 aromatic carbocycles. The molecule has 2 aromatic heterocycles. The Morgan fingerprint density at radius 2 is 1.92 bits per heavy atom. The van der Waals surface area contributed by atoms with Gasteiger partial charge < -0.3 is 0 Å². The average Bonchev–Trinajstić information content (AvgIpc) is 2.69. The van der Waals surface area contributed by atoms with E-state index < -0.39 is 0 Å². The van der Waals surface area contributed by atoms with E-state index in [2.05, 4.69) is 26.1 Å². The maximum Gasteiger partial charge on any atom is 0.152 e. The molecule has 132 valence electrons. The van der Waals surface area contributed by atoms with Gasteiger partial charge in [0.1, 0.15) is 0 Å². The SMILES string of the molecule is O=C(Cc1cc2cc(-c3cccnn3)ccc2cn1)CN1CCCCC1. The lowest BCUT2D eigenvalue weighted by Gasteiger charge is -2.25. The number of piperidine rings is 1. The van der Waals surface area contributed by atoms with Gasteiger partial charge in [-0.2, -0.15) is 10.2 Å². The number of ketones is 1. The lowest BCUT2D eigenvalue weighted by atomic mass is 10.0. The number of hydrogen-bond donors (Lipinski definition) is 0. The first-order valence-electron chi connectivity index (χ1n) is 9.19. The Morgan fingerprint density at radius 1 is 1.04 bits per heavy atom. The van der Waals surface area contributed by atoms with Gasteiger partial charge in [-0.15, -0.1) is 0 Å². The van der Waals surface area contributed by atoms with Crippen LogP contribution in [0.25, 0.3) is 22.0 Å². The summed E-state index contributed by atoms with van der Waals surface area (Å²) in [5.41, 5.74) is 2.69. The Hall–Kier alpha value is -2.66. The van der Waals surface area contributed by atoms with Crippen LogP contribution < -0.4 is 0 Å². The van der Waals surface area contributed by atoms with Crippen LogP contribution in [0.4, 0.5) is 0 Å². The number of likely N-dealkylation sites (tertiary alicyclic amines) is 1. The van der Waals surface area contributed by atoms with Crippen LogP contribution in [0.5, 0.6) is 0 Å². The van der Waals surface area contributed by atoms with E-state index in [1.807, 2.05) is 36.5 Å². The lowest BCUT2D eigenvalue weighted by molar-refractivity contribution is -0.119. The van der Waals surface area contributed by atoms with Crippen molar-refractivity contribution < 1.29 is 4.79 Å². The topological polar surface area (TPSA) is 59.0 Å². The molecule has 26 heavy (non-hydrogen) atoms. The fourth-order valence-corrected chi connectivity index (χ4v) is 3.52. The molecule has 0 bridgehead atoms. The van der Waals surface area contributed by atoms with Crippen molar-refractivity contribution in [2.45, 2.75) is 25.7 Å². The molecular formula is C21H22N4O. The number of fused-ring (bicyclic) bond motifs is 1. The van der Waals surface area contributed by atoms with Gasteiger partial charge in [-0.25, -0.2) is 0 Å². The van der Waals surface area contributed by atoms with E-state index in [4.69, 9.17) is 0 Å². The summed E-state index contributed by atoms with van der Waals surface area (Å²) in [7, 11) is 0. The summed E-state index contributed by atoms with van der Waals surface area (Å²) < 4.78 is 0. The Labute approximate surface area is 153 Å². The highest BCUT2D eigenvalue weighted by Gasteiger charge is 2.14. The summed E-state index contributed by atoms with van der Waals surface area (Å²) in [6.07, 6.45) is 7.59. The molecule has 5 heteroatoms. The van der Waals surface area contributed by atoms with Crippen LogP contribution in [0.15, 0.2) is 48.8 Å². The van der Waals surface area contributed by atoms with Gasteiger partial charge in [-0.3, -0.25) is 14.7 Å². The van der Waals surface area contributed by atoms with E-state index in [9.17, 15) is 4.79 Å². The van der Waals surface area contributed by atoms with Crippen LogP contribution in [0, 0.1) is 0 Å². The highest BCUT2D eigenvalue weighted by atomic mass is 16.1. The summed E-state index contributed by atoms with van der Waals surface area (Å²) in [5.74, 6) is 0.240. The van der Waals surface area contributed by atoms with E-state index >= 15 is 0 Å². The van der Waals surface area contributed by atoms with Crippen LogP contribution in [0.2, 0.25) is 0 Å². The summed E-state index contributed by atoms with van der Waals surface area (Å²) in [5, 5.41) is 10.2. The van der Waals surface area contributed by atoms with E-state index in [0.29, 0.717) is 13.0 Å². The molecule has 1 aliphatic rings. The van der Waals surface area contributed by atoms with Crippen molar-refractivity contribution in [1.82, 2.24) is 20.1 Å². The molecule has 0 spiro atoms. The predicted molar refractivity (Wildman–Crippen MR) is 102 cm³/mol. The maximum absolute atomic E-state index is 12.4. The quantitative estimate of drug-likeness (QED) is 0.709. The van der Waals surface area contributed by atoms with E-state index in [0.717, 1.165) is 40.8 Å². The van der Waals surface area contributed by atoms with E-state index in [1.54, 1.807) is 6.20 Å². The number of nitrogens with zero attached hydrogens (tertiary/aromatic N) is 4. The Bertz CT molecular complexity index is 904. The highest BCUT2D eigenvalue weighted by molar-refractivity contribution is 5.88. The number of rotatable bonds is 5. The Balaban J connectivity index is 1.51. The van der Waals surface area contributed by atoms with Gasteiger partial charge in [0.05, 0.1) is 18.7 Å². The van der Waals surface area contributed by atoms with Gasteiger partial charge in [0.2, 0.25) is 0 Å². The summed E-state index contributed by atoms with van der Waals surface area (Å²) in [6, 6.07) is 12.0. The summed E-state index contributed by atoms with van der Waals surface area (Å²) >= 11 is 0. The molecule has 1 saturated heterocycles. The first kappa shape index (κ1) is 16.8.